The second kappa shape index (κ2) is 6.00. The fraction of sp³-hybridized carbons (Fsp3) is 0.143. The van der Waals surface area contributed by atoms with Gasteiger partial charge in [-0.3, -0.25) is 14.6 Å². The third kappa shape index (κ3) is 3.53. The first-order valence-corrected chi connectivity index (χ1v) is 6.07. The Balaban J connectivity index is 2.20. The Hall–Kier alpha value is -2.96. The molecule has 0 aliphatic carbocycles. The van der Waals surface area contributed by atoms with Crippen LogP contribution in [0.5, 0.6) is 0 Å². The number of pyridine rings is 1. The van der Waals surface area contributed by atoms with Crippen LogP contribution >= 0.6 is 0 Å². The molecular weight excluding hydrogens is 276 g/mol. The molecule has 2 rings (SSSR count). The molecule has 0 aliphatic rings. The smallest absolute Gasteiger partial charge is 0.326 e. The van der Waals surface area contributed by atoms with Gasteiger partial charge in [0.05, 0.1) is 11.9 Å². The lowest BCUT2D eigenvalue weighted by molar-refractivity contribution is -0.145. The molecule has 0 radical (unpaired) electrons. The van der Waals surface area contributed by atoms with Gasteiger partial charge in [0.1, 0.15) is 6.04 Å². The van der Waals surface area contributed by atoms with Crippen LogP contribution in [0.15, 0.2) is 36.5 Å². The molecule has 1 aromatic carbocycles. The van der Waals surface area contributed by atoms with Crippen molar-refractivity contribution in [1.29, 1.82) is 0 Å². The summed E-state index contributed by atoms with van der Waals surface area (Å²) >= 11 is 0. The number of carboxylic acids is 2. The van der Waals surface area contributed by atoms with Crippen molar-refractivity contribution < 1.29 is 24.6 Å². The first-order valence-electron chi connectivity index (χ1n) is 6.07. The lowest BCUT2D eigenvalue weighted by atomic mass is 10.1. The van der Waals surface area contributed by atoms with Crippen molar-refractivity contribution >= 4 is 28.7 Å². The Labute approximate surface area is 119 Å². The minimum atomic E-state index is -1.47. The molecule has 0 saturated carbocycles. The Morgan fingerprint density at radius 2 is 1.95 bits per heavy atom. The van der Waals surface area contributed by atoms with E-state index in [1.807, 2.05) is 0 Å². The largest absolute Gasteiger partial charge is 0.481 e. The van der Waals surface area contributed by atoms with Gasteiger partial charge < -0.3 is 15.5 Å². The SMILES string of the molecule is O=C(O)C[C@H](NC(=O)c1ccc2ncccc2c1)C(=O)O. The van der Waals surface area contributed by atoms with Crippen molar-refractivity contribution in [2.24, 2.45) is 0 Å². The van der Waals surface area contributed by atoms with Crippen molar-refractivity contribution in [3.8, 4) is 0 Å². The zero-order chi connectivity index (χ0) is 15.4. The molecule has 7 heteroatoms. The van der Waals surface area contributed by atoms with Crippen LogP contribution in [0, 0.1) is 0 Å². The van der Waals surface area contributed by atoms with Gasteiger partial charge in [0.25, 0.3) is 5.91 Å². The van der Waals surface area contributed by atoms with E-state index in [4.69, 9.17) is 10.2 Å². The van der Waals surface area contributed by atoms with Gasteiger partial charge in [-0.1, -0.05) is 6.07 Å². The summed E-state index contributed by atoms with van der Waals surface area (Å²) < 4.78 is 0. The van der Waals surface area contributed by atoms with Crippen LogP contribution in [0.4, 0.5) is 0 Å². The second-order valence-corrected chi connectivity index (χ2v) is 4.37. The number of amides is 1. The quantitative estimate of drug-likeness (QED) is 0.752. The van der Waals surface area contributed by atoms with Crippen LogP contribution in [-0.2, 0) is 9.59 Å². The lowest BCUT2D eigenvalue weighted by Crippen LogP contribution is -2.42. The number of aromatic nitrogens is 1. The summed E-state index contributed by atoms with van der Waals surface area (Å²) in [4.78, 5) is 37.6. The van der Waals surface area contributed by atoms with E-state index < -0.39 is 30.3 Å². The number of rotatable bonds is 5. The Kier molecular flexibility index (Phi) is 4.13. The van der Waals surface area contributed by atoms with Gasteiger partial charge in [-0.05, 0) is 24.3 Å². The summed E-state index contributed by atoms with van der Waals surface area (Å²) in [6.45, 7) is 0. The van der Waals surface area contributed by atoms with Crippen LogP contribution in [0.2, 0.25) is 0 Å². The molecule has 2 aromatic rings. The predicted molar refractivity (Wildman–Crippen MR) is 72.9 cm³/mol. The highest BCUT2D eigenvalue weighted by Crippen LogP contribution is 2.13. The number of nitrogens with one attached hydrogen (secondary N) is 1. The van der Waals surface area contributed by atoms with E-state index in [-0.39, 0.29) is 5.56 Å². The van der Waals surface area contributed by atoms with E-state index in [0.29, 0.717) is 5.52 Å². The molecule has 1 aromatic heterocycles. The molecule has 0 aliphatic heterocycles. The van der Waals surface area contributed by atoms with Crippen molar-refractivity contribution in [3.05, 3.63) is 42.1 Å². The number of hydrogen-bond donors (Lipinski definition) is 3. The van der Waals surface area contributed by atoms with E-state index in [1.165, 1.54) is 6.07 Å². The average Bonchev–Trinajstić information content (AvgIpc) is 2.45. The number of benzene rings is 1. The Morgan fingerprint density at radius 3 is 2.62 bits per heavy atom. The summed E-state index contributed by atoms with van der Waals surface area (Å²) in [6, 6.07) is 6.72. The molecule has 0 saturated heterocycles. The third-order valence-electron chi connectivity index (χ3n) is 2.85. The molecule has 1 amide bonds. The zero-order valence-corrected chi connectivity index (χ0v) is 10.8. The van der Waals surface area contributed by atoms with Crippen LogP contribution in [0.1, 0.15) is 16.8 Å². The number of carbonyl (C=O) groups excluding carboxylic acids is 1. The molecule has 1 heterocycles. The molecule has 21 heavy (non-hydrogen) atoms. The van der Waals surface area contributed by atoms with Crippen LogP contribution in [-0.4, -0.2) is 39.1 Å². The highest BCUT2D eigenvalue weighted by Gasteiger charge is 2.23. The number of aliphatic carboxylic acids is 2. The zero-order valence-electron chi connectivity index (χ0n) is 10.8. The lowest BCUT2D eigenvalue weighted by Gasteiger charge is -2.12. The van der Waals surface area contributed by atoms with Crippen LogP contribution in [0.3, 0.4) is 0 Å². The molecule has 0 unspecified atom stereocenters. The van der Waals surface area contributed by atoms with Gasteiger partial charge in [0.15, 0.2) is 0 Å². The fourth-order valence-corrected chi connectivity index (χ4v) is 1.83. The number of carbonyl (C=O) groups is 3. The molecule has 108 valence electrons. The average molecular weight is 288 g/mol. The third-order valence-corrected chi connectivity index (χ3v) is 2.85. The van der Waals surface area contributed by atoms with Gasteiger partial charge in [-0.25, -0.2) is 4.79 Å². The van der Waals surface area contributed by atoms with Gasteiger partial charge >= 0.3 is 11.9 Å². The minimum absolute atomic E-state index is 0.243. The van der Waals surface area contributed by atoms with E-state index in [0.717, 1.165) is 5.39 Å². The van der Waals surface area contributed by atoms with Gasteiger partial charge in [0.2, 0.25) is 0 Å². The number of nitrogens with zero attached hydrogens (tertiary/aromatic N) is 1. The van der Waals surface area contributed by atoms with E-state index in [1.54, 1.807) is 30.5 Å². The predicted octanol–water partition coefficient (Wildman–Crippen LogP) is 0.892. The second-order valence-electron chi connectivity index (χ2n) is 4.37. The molecule has 3 N–H and O–H groups in total. The van der Waals surface area contributed by atoms with Crippen molar-refractivity contribution in [2.45, 2.75) is 12.5 Å². The van der Waals surface area contributed by atoms with Gasteiger partial charge in [-0.15, -0.1) is 0 Å². The van der Waals surface area contributed by atoms with Crippen LogP contribution in [0.25, 0.3) is 10.9 Å². The normalized spacial score (nSPS) is 11.8. The molecule has 1 atom stereocenters. The molecule has 7 nitrogen and oxygen atoms in total. The maximum absolute atomic E-state index is 12.0. The fourth-order valence-electron chi connectivity index (χ4n) is 1.83. The summed E-state index contributed by atoms with van der Waals surface area (Å²) in [6.07, 6.45) is 0.936. The van der Waals surface area contributed by atoms with Gasteiger partial charge in [0, 0.05) is 17.1 Å². The summed E-state index contributed by atoms with van der Waals surface area (Å²) in [5.41, 5.74) is 0.946. The highest BCUT2D eigenvalue weighted by molar-refractivity contribution is 6.00. The van der Waals surface area contributed by atoms with Crippen molar-refractivity contribution in [3.63, 3.8) is 0 Å². The molecular formula is C14H12N2O5. The Morgan fingerprint density at radius 1 is 1.19 bits per heavy atom. The number of carboxylic acid groups (broad SMARTS) is 2. The number of hydrogen-bond acceptors (Lipinski definition) is 4. The monoisotopic (exact) mass is 288 g/mol. The first-order chi connectivity index (χ1) is 9.97. The summed E-state index contributed by atoms with van der Waals surface area (Å²) in [5.74, 6) is -3.34. The van der Waals surface area contributed by atoms with Crippen LogP contribution < -0.4 is 5.32 Å². The number of fused-ring (bicyclic) bond motifs is 1. The summed E-state index contributed by atoms with van der Waals surface area (Å²) in [7, 11) is 0. The minimum Gasteiger partial charge on any atom is -0.481 e. The maximum Gasteiger partial charge on any atom is 0.326 e. The molecule has 0 bridgehead atoms. The topological polar surface area (TPSA) is 117 Å². The highest BCUT2D eigenvalue weighted by atomic mass is 16.4. The maximum atomic E-state index is 12.0. The molecule has 0 spiro atoms. The van der Waals surface area contributed by atoms with Crippen molar-refractivity contribution in [1.82, 2.24) is 10.3 Å². The van der Waals surface area contributed by atoms with E-state index in [9.17, 15) is 14.4 Å². The standard InChI is InChI=1S/C14H12N2O5/c17-12(18)7-11(14(20)21)16-13(19)9-3-4-10-8(6-9)2-1-5-15-10/h1-6,11H,7H2,(H,16,19)(H,17,18)(H,20,21)/t11-/m0/s1. The van der Waals surface area contributed by atoms with E-state index in [2.05, 4.69) is 10.3 Å². The van der Waals surface area contributed by atoms with E-state index >= 15 is 0 Å². The summed E-state index contributed by atoms with van der Waals surface area (Å²) in [5, 5.41) is 20.5. The van der Waals surface area contributed by atoms with Crippen molar-refractivity contribution in [2.75, 3.05) is 0 Å². The molecule has 0 fully saturated rings. The first kappa shape index (κ1) is 14.4. The van der Waals surface area contributed by atoms with Gasteiger partial charge in [-0.2, -0.15) is 0 Å². The Bertz CT molecular complexity index is 713.